The largest absolute Gasteiger partial charge is 0.497 e. The number of benzene rings is 2. The summed E-state index contributed by atoms with van der Waals surface area (Å²) in [7, 11) is 1.60. The van der Waals surface area contributed by atoms with Crippen LogP contribution < -0.4 is 10.1 Å². The molecule has 0 fully saturated rings. The maximum Gasteiger partial charge on any atom is 0.277 e. The molecule has 3 aromatic rings. The lowest BCUT2D eigenvalue weighted by Crippen LogP contribution is -2.13. The number of ether oxygens (including phenoxy) is 1. The number of anilines is 1. The highest BCUT2D eigenvalue weighted by Gasteiger charge is 2.12. The number of amides is 1. The van der Waals surface area contributed by atoms with Crippen LogP contribution in [0, 0.1) is 13.8 Å². The minimum absolute atomic E-state index is 0.147. The van der Waals surface area contributed by atoms with Crippen LogP contribution in [0.2, 0.25) is 0 Å². The highest BCUT2D eigenvalue weighted by atomic mass is 32.2. The van der Waals surface area contributed by atoms with Crippen molar-refractivity contribution >= 4 is 23.4 Å². The van der Waals surface area contributed by atoms with Crippen molar-refractivity contribution < 1.29 is 13.9 Å². The number of aryl methyl sites for hydroxylation is 2. The van der Waals surface area contributed by atoms with E-state index in [0.717, 1.165) is 22.4 Å². The average molecular weight is 369 g/mol. The van der Waals surface area contributed by atoms with Crippen molar-refractivity contribution in [2.75, 3.05) is 18.2 Å². The van der Waals surface area contributed by atoms with Gasteiger partial charge in [-0.25, -0.2) is 0 Å². The predicted molar refractivity (Wildman–Crippen MR) is 102 cm³/mol. The molecule has 2 aromatic carbocycles. The summed E-state index contributed by atoms with van der Waals surface area (Å²) in [4.78, 5) is 12.1. The Labute approximate surface area is 156 Å². The smallest absolute Gasteiger partial charge is 0.277 e. The first-order valence-electron chi connectivity index (χ1n) is 8.02. The number of aromatic nitrogens is 2. The molecule has 26 heavy (non-hydrogen) atoms. The lowest BCUT2D eigenvalue weighted by molar-refractivity contribution is -0.113. The van der Waals surface area contributed by atoms with Crippen molar-refractivity contribution in [3.63, 3.8) is 0 Å². The van der Waals surface area contributed by atoms with Gasteiger partial charge in [0.05, 0.1) is 12.9 Å². The maximum atomic E-state index is 12.1. The molecule has 0 atom stereocenters. The SMILES string of the molecule is COc1ccc(NC(=O)CSc2nnc(-c3cc(C)cc(C)c3)o2)cc1. The van der Waals surface area contributed by atoms with Crippen molar-refractivity contribution in [2.45, 2.75) is 19.1 Å². The van der Waals surface area contributed by atoms with Crippen LogP contribution in [0.1, 0.15) is 11.1 Å². The molecular formula is C19H19N3O3S. The molecule has 1 heterocycles. The fourth-order valence-corrected chi connectivity index (χ4v) is 3.04. The van der Waals surface area contributed by atoms with Gasteiger partial charge in [0, 0.05) is 11.3 Å². The van der Waals surface area contributed by atoms with Crippen LogP contribution >= 0.6 is 11.8 Å². The highest BCUT2D eigenvalue weighted by Crippen LogP contribution is 2.25. The van der Waals surface area contributed by atoms with Gasteiger partial charge in [-0.05, 0) is 50.2 Å². The van der Waals surface area contributed by atoms with E-state index >= 15 is 0 Å². The Morgan fingerprint density at radius 1 is 1.12 bits per heavy atom. The Kier molecular flexibility index (Phi) is 5.58. The fraction of sp³-hybridized carbons (Fsp3) is 0.211. The highest BCUT2D eigenvalue weighted by molar-refractivity contribution is 7.99. The number of nitrogens with zero attached hydrogens (tertiary/aromatic N) is 2. The van der Waals surface area contributed by atoms with E-state index in [1.54, 1.807) is 31.4 Å². The topological polar surface area (TPSA) is 77.2 Å². The minimum Gasteiger partial charge on any atom is -0.497 e. The van der Waals surface area contributed by atoms with E-state index in [4.69, 9.17) is 9.15 Å². The summed E-state index contributed by atoms with van der Waals surface area (Å²) in [6, 6.07) is 13.2. The number of rotatable bonds is 6. The van der Waals surface area contributed by atoms with Gasteiger partial charge in [0.1, 0.15) is 5.75 Å². The van der Waals surface area contributed by atoms with E-state index in [2.05, 4.69) is 21.6 Å². The molecule has 0 bridgehead atoms. The van der Waals surface area contributed by atoms with E-state index in [9.17, 15) is 4.79 Å². The molecule has 0 spiro atoms. The van der Waals surface area contributed by atoms with Gasteiger partial charge in [-0.2, -0.15) is 0 Å². The fourth-order valence-electron chi connectivity index (χ4n) is 2.48. The van der Waals surface area contributed by atoms with Gasteiger partial charge in [0.25, 0.3) is 5.22 Å². The Hall–Kier alpha value is -2.80. The maximum absolute atomic E-state index is 12.1. The van der Waals surface area contributed by atoms with Crippen LogP contribution in [0.4, 0.5) is 5.69 Å². The molecule has 1 amide bonds. The number of nitrogens with one attached hydrogen (secondary N) is 1. The second kappa shape index (κ2) is 8.05. The summed E-state index contributed by atoms with van der Waals surface area (Å²) in [5.74, 6) is 1.23. The van der Waals surface area contributed by atoms with Crippen molar-refractivity contribution in [3.8, 4) is 17.2 Å². The van der Waals surface area contributed by atoms with Crippen molar-refractivity contribution in [1.82, 2.24) is 10.2 Å². The monoisotopic (exact) mass is 369 g/mol. The van der Waals surface area contributed by atoms with E-state index in [1.807, 2.05) is 26.0 Å². The Balaban J connectivity index is 1.58. The first kappa shape index (κ1) is 18.0. The number of hydrogen-bond acceptors (Lipinski definition) is 6. The van der Waals surface area contributed by atoms with Gasteiger partial charge in [-0.3, -0.25) is 4.79 Å². The van der Waals surface area contributed by atoms with E-state index in [-0.39, 0.29) is 11.7 Å². The van der Waals surface area contributed by atoms with E-state index < -0.39 is 0 Å². The summed E-state index contributed by atoms with van der Waals surface area (Å²) in [6.45, 7) is 4.04. The number of methoxy groups -OCH3 is 1. The van der Waals surface area contributed by atoms with Gasteiger partial charge >= 0.3 is 0 Å². The Bertz CT molecular complexity index is 886. The molecule has 0 saturated carbocycles. The van der Waals surface area contributed by atoms with Crippen molar-refractivity contribution in [3.05, 3.63) is 53.6 Å². The van der Waals surface area contributed by atoms with Crippen molar-refractivity contribution in [1.29, 1.82) is 0 Å². The predicted octanol–water partition coefficient (Wildman–Crippen LogP) is 4.09. The summed E-state index contributed by atoms with van der Waals surface area (Å²) < 4.78 is 10.7. The third kappa shape index (κ3) is 4.64. The summed E-state index contributed by atoms with van der Waals surface area (Å²) in [6.07, 6.45) is 0. The lowest BCUT2D eigenvalue weighted by Gasteiger charge is -2.05. The first-order valence-corrected chi connectivity index (χ1v) is 9.01. The first-order chi connectivity index (χ1) is 12.5. The molecule has 0 aliphatic carbocycles. The average Bonchev–Trinajstić information content (AvgIpc) is 3.09. The number of hydrogen-bond donors (Lipinski definition) is 1. The molecule has 0 saturated heterocycles. The molecular weight excluding hydrogens is 350 g/mol. The zero-order valence-corrected chi connectivity index (χ0v) is 15.6. The van der Waals surface area contributed by atoms with Gasteiger partial charge in [0.2, 0.25) is 11.8 Å². The Morgan fingerprint density at radius 3 is 2.46 bits per heavy atom. The third-order valence-electron chi connectivity index (χ3n) is 3.58. The Morgan fingerprint density at radius 2 is 1.81 bits per heavy atom. The van der Waals surface area contributed by atoms with Crippen molar-refractivity contribution in [2.24, 2.45) is 0 Å². The molecule has 1 aromatic heterocycles. The van der Waals surface area contributed by atoms with Gasteiger partial charge in [-0.15, -0.1) is 10.2 Å². The zero-order valence-electron chi connectivity index (χ0n) is 14.8. The van der Waals surface area contributed by atoms with Crippen LogP contribution in [-0.4, -0.2) is 29.0 Å². The molecule has 1 N–H and O–H groups in total. The second-order valence-electron chi connectivity index (χ2n) is 5.81. The zero-order chi connectivity index (χ0) is 18.5. The van der Waals surface area contributed by atoms with Gasteiger partial charge in [-0.1, -0.05) is 29.0 Å². The molecule has 0 aliphatic heterocycles. The molecule has 134 valence electrons. The summed E-state index contributed by atoms with van der Waals surface area (Å²) >= 11 is 1.20. The molecule has 0 unspecified atom stereocenters. The molecule has 0 aliphatic rings. The van der Waals surface area contributed by atoms with Crippen LogP contribution in [-0.2, 0) is 4.79 Å². The number of thioether (sulfide) groups is 1. The van der Waals surface area contributed by atoms with Gasteiger partial charge in [0.15, 0.2) is 0 Å². The van der Waals surface area contributed by atoms with Crippen LogP contribution in [0.3, 0.4) is 0 Å². The van der Waals surface area contributed by atoms with Crippen LogP contribution in [0.25, 0.3) is 11.5 Å². The van der Waals surface area contributed by atoms with E-state index in [1.165, 1.54) is 11.8 Å². The summed E-state index contributed by atoms with van der Waals surface area (Å²) in [5.41, 5.74) is 3.85. The van der Waals surface area contributed by atoms with Crippen LogP contribution in [0.15, 0.2) is 52.1 Å². The van der Waals surface area contributed by atoms with Crippen LogP contribution in [0.5, 0.6) is 5.75 Å². The molecule has 0 radical (unpaired) electrons. The summed E-state index contributed by atoms with van der Waals surface area (Å²) in [5, 5.41) is 11.2. The minimum atomic E-state index is -0.147. The van der Waals surface area contributed by atoms with Gasteiger partial charge < -0.3 is 14.5 Å². The quantitative estimate of drug-likeness (QED) is 0.660. The molecule has 3 rings (SSSR count). The normalized spacial score (nSPS) is 10.6. The third-order valence-corrected chi connectivity index (χ3v) is 4.39. The molecule has 7 heteroatoms. The standard InChI is InChI=1S/C19H19N3O3S/c1-12-8-13(2)10-14(9-12)18-21-22-19(25-18)26-11-17(23)20-15-4-6-16(24-3)7-5-15/h4-10H,11H2,1-3H3,(H,20,23). The van der Waals surface area contributed by atoms with E-state index in [0.29, 0.717) is 16.8 Å². The number of carbonyl (C=O) groups excluding carboxylic acids is 1. The lowest BCUT2D eigenvalue weighted by atomic mass is 10.1. The second-order valence-corrected chi connectivity index (χ2v) is 6.74. The number of carbonyl (C=O) groups is 1. The molecule has 6 nitrogen and oxygen atoms in total.